The number of benzene rings is 6. The van der Waals surface area contributed by atoms with Crippen LogP contribution in [0.3, 0.4) is 0 Å². The quantitative estimate of drug-likeness (QED) is 0.0696. The van der Waals surface area contributed by atoms with E-state index in [1.165, 1.54) is 92.5 Å². The number of aryl methyl sites for hydroxylation is 4. The Morgan fingerprint density at radius 2 is 0.429 bits per heavy atom. The zero-order chi connectivity index (χ0) is 68.5. The molecule has 6 aromatic carbocycles. The summed E-state index contributed by atoms with van der Waals surface area (Å²) in [6.45, 7) is 12.2. The second-order valence-corrected chi connectivity index (χ2v) is 32.1. The summed E-state index contributed by atoms with van der Waals surface area (Å²) >= 11 is 13.3. The highest BCUT2D eigenvalue weighted by atomic mass is 32.1. The van der Waals surface area contributed by atoms with Crippen LogP contribution in [-0.2, 0) is 18.9 Å². The van der Waals surface area contributed by atoms with Gasteiger partial charge in [0.15, 0.2) is 0 Å². The van der Waals surface area contributed by atoms with Gasteiger partial charge >= 0.3 is 23.9 Å². The summed E-state index contributed by atoms with van der Waals surface area (Å²) in [5.41, 5.74) is 15.4. The first kappa shape index (κ1) is 67.4. The Bertz CT molecular complexity index is 4960. The molecule has 98 heavy (non-hydrogen) atoms. The average Bonchev–Trinajstić information content (AvgIpc) is 1.13. The molecule has 16 heteroatoms. The zero-order valence-electron chi connectivity index (χ0n) is 55.2. The molecule has 0 aliphatic heterocycles. The van der Waals surface area contributed by atoms with Crippen molar-refractivity contribution in [3.8, 4) is 123 Å². The van der Waals surface area contributed by atoms with E-state index in [4.69, 9.17) is 18.9 Å². The van der Waals surface area contributed by atoms with Crippen LogP contribution in [0.15, 0.2) is 206 Å². The summed E-state index contributed by atoms with van der Waals surface area (Å²) < 4.78 is 21.3. The predicted molar refractivity (Wildman–Crippen MR) is 415 cm³/mol. The third kappa shape index (κ3) is 13.8. The van der Waals surface area contributed by atoms with Crippen molar-refractivity contribution < 1.29 is 38.1 Å². The maximum absolute atomic E-state index is 13.6. The summed E-state index contributed by atoms with van der Waals surface area (Å²) in [7, 11) is 5.56. The lowest BCUT2D eigenvalue weighted by molar-refractivity contribution is 0.0586. The highest BCUT2D eigenvalue weighted by Crippen LogP contribution is 2.50. The van der Waals surface area contributed by atoms with Crippen molar-refractivity contribution in [3.63, 3.8) is 0 Å². The normalized spacial score (nSPS) is 11.1. The van der Waals surface area contributed by atoms with Gasteiger partial charge in [0, 0.05) is 100 Å². The first-order valence-corrected chi connectivity index (χ1v) is 37.8. The van der Waals surface area contributed by atoms with Crippen molar-refractivity contribution in [1.82, 2.24) is 0 Å². The minimum atomic E-state index is -0.465. The van der Waals surface area contributed by atoms with E-state index < -0.39 is 23.9 Å². The van der Waals surface area contributed by atoms with Crippen molar-refractivity contribution in [2.75, 3.05) is 28.4 Å². The third-order valence-electron chi connectivity index (χ3n) is 16.9. The molecule has 0 N–H and O–H groups in total. The third-order valence-corrected chi connectivity index (χ3v) is 26.7. The molecule has 0 atom stereocenters. The number of methoxy groups -OCH3 is 4. The van der Waals surface area contributed by atoms with Gasteiger partial charge in [-0.05, 0) is 184 Å². The highest BCUT2D eigenvalue weighted by molar-refractivity contribution is 7.27. The Morgan fingerprint density at radius 1 is 0.235 bits per heavy atom. The summed E-state index contributed by atoms with van der Waals surface area (Å²) in [6, 6.07) is 71.2. The van der Waals surface area contributed by atoms with E-state index in [-0.39, 0.29) is 0 Å². The average molecular weight is 1430 g/mol. The van der Waals surface area contributed by atoms with Crippen LogP contribution in [0.2, 0.25) is 0 Å². The van der Waals surface area contributed by atoms with Crippen LogP contribution in [0.25, 0.3) is 123 Å². The molecular weight excluding hydrogens is 1370 g/mol. The Hall–Kier alpha value is -9.20. The molecule has 8 aromatic heterocycles. The Balaban J connectivity index is 0.000000177. The van der Waals surface area contributed by atoms with Crippen LogP contribution >= 0.6 is 90.7 Å². The van der Waals surface area contributed by atoms with Gasteiger partial charge in [0.05, 0.1) is 50.7 Å². The molecule has 0 aliphatic carbocycles. The second kappa shape index (κ2) is 29.1. The lowest BCUT2D eigenvalue weighted by atomic mass is 9.86. The van der Waals surface area contributed by atoms with E-state index in [0.717, 1.165) is 58.5 Å². The van der Waals surface area contributed by atoms with Gasteiger partial charge in [0.25, 0.3) is 0 Å². The molecule has 0 fully saturated rings. The predicted octanol–water partition coefficient (Wildman–Crippen LogP) is 24.9. The first-order chi connectivity index (χ1) is 47.5. The number of carbonyl (C=O) groups excluding carboxylic acids is 4. The molecule has 0 bridgehead atoms. The van der Waals surface area contributed by atoms with Gasteiger partial charge < -0.3 is 18.9 Å². The number of rotatable bonds is 16. The minimum absolute atomic E-state index is 0.396. The maximum atomic E-state index is 13.6. The number of hydrogen-bond donors (Lipinski definition) is 0. The fourth-order valence-corrected chi connectivity index (χ4v) is 20.4. The standard InChI is InChI=1S/C42H34O4S4.C40H30O4S4/c1-23-7-11-27(12-8-23)29-15-17-31(47-29)33-19-21-35(49-33)37-25(3)40(42(44)46-6)38(26(4)39(37)41(43)45-5)36-22-20-34(50-36)32-18-16-30(48-32)28-13-9-24(2)10-14-28;1-23-5-9-25(10-6-23)31-13-17-35(45-31)37-19-15-33(47-37)27-21-30(40(42)44-4)28(22-29(27)39(41)43-3)34-16-20-38(48-34)36-18-14-32(46-36)26-11-7-24(2)8-12-26/h7-22H,1-6H3;5-22H,1-4H3. The van der Waals surface area contributed by atoms with E-state index in [0.29, 0.717) is 55.6 Å². The number of thiophene rings is 8. The fourth-order valence-electron chi connectivity index (χ4n) is 11.7. The maximum Gasteiger partial charge on any atom is 0.338 e. The van der Waals surface area contributed by atoms with E-state index in [2.05, 4.69) is 198 Å². The first-order valence-electron chi connectivity index (χ1n) is 31.3. The SMILES string of the molecule is COC(=O)c1c(C)c(-c2ccc(-c3ccc(-c4ccc(C)cc4)s3)s2)c(C(=O)OC)c(C)c1-c1ccc(-c2ccc(-c3ccc(C)cc3)s2)s1.COC(=O)c1cc(-c2ccc(-c3ccc(-c4ccc(C)cc4)s3)s2)c(C(=O)OC)cc1-c1ccc(-c2ccc(-c3ccc(C)cc3)s2)s1. The molecule has 0 spiro atoms. The van der Waals surface area contributed by atoms with E-state index in [9.17, 15) is 19.2 Å². The number of carbonyl (C=O) groups is 4. The van der Waals surface area contributed by atoms with Crippen molar-refractivity contribution in [1.29, 1.82) is 0 Å². The summed E-state index contributed by atoms with van der Waals surface area (Å²) in [5, 5.41) is 0. The molecule has 14 rings (SSSR count). The summed E-state index contributed by atoms with van der Waals surface area (Å²) in [6.07, 6.45) is 0. The molecular formula is C82H64O8S8. The number of hydrogen-bond acceptors (Lipinski definition) is 16. The molecule has 0 saturated carbocycles. The monoisotopic (exact) mass is 1430 g/mol. The van der Waals surface area contributed by atoms with Crippen LogP contribution in [0, 0.1) is 41.5 Å². The molecule has 8 nitrogen and oxygen atoms in total. The molecule has 0 radical (unpaired) electrons. The zero-order valence-corrected chi connectivity index (χ0v) is 61.7. The largest absolute Gasteiger partial charge is 0.465 e. The van der Waals surface area contributed by atoms with Crippen LogP contribution < -0.4 is 0 Å². The highest BCUT2D eigenvalue weighted by Gasteiger charge is 2.32. The van der Waals surface area contributed by atoms with E-state index in [1.54, 1.807) is 103 Å². The number of ether oxygens (including phenoxy) is 4. The molecule has 0 aliphatic rings. The lowest BCUT2D eigenvalue weighted by Crippen LogP contribution is -2.14. The molecule has 8 heterocycles. The van der Waals surface area contributed by atoms with Crippen LogP contribution in [0.4, 0.5) is 0 Å². The van der Waals surface area contributed by atoms with Gasteiger partial charge in [0.1, 0.15) is 0 Å². The fraction of sp³-hybridized carbons (Fsp3) is 0.122. The molecule has 0 saturated heterocycles. The Morgan fingerprint density at radius 3 is 0.663 bits per heavy atom. The van der Waals surface area contributed by atoms with Gasteiger partial charge in [0.2, 0.25) is 0 Å². The van der Waals surface area contributed by atoms with Crippen molar-refractivity contribution in [3.05, 3.63) is 262 Å². The van der Waals surface area contributed by atoms with E-state index in [1.807, 2.05) is 38.1 Å². The molecule has 488 valence electrons. The lowest BCUT2D eigenvalue weighted by Gasteiger charge is -2.21. The van der Waals surface area contributed by atoms with Gasteiger partial charge in [-0.3, -0.25) is 0 Å². The molecule has 0 unspecified atom stereocenters. The van der Waals surface area contributed by atoms with Crippen LogP contribution in [0.1, 0.15) is 74.8 Å². The van der Waals surface area contributed by atoms with Gasteiger partial charge in [-0.1, -0.05) is 119 Å². The van der Waals surface area contributed by atoms with Gasteiger partial charge in [-0.25, -0.2) is 19.2 Å². The topological polar surface area (TPSA) is 105 Å². The van der Waals surface area contributed by atoms with Gasteiger partial charge in [-0.15, -0.1) is 90.7 Å². The van der Waals surface area contributed by atoms with Crippen molar-refractivity contribution in [2.45, 2.75) is 41.5 Å². The van der Waals surface area contributed by atoms with Crippen LogP contribution in [-0.4, -0.2) is 52.3 Å². The molecule has 0 amide bonds. The Kier molecular flexibility index (Phi) is 20.0. The summed E-state index contributed by atoms with van der Waals surface area (Å²) in [4.78, 5) is 70.9. The number of esters is 4. The summed E-state index contributed by atoms with van der Waals surface area (Å²) in [5.74, 6) is -1.81. The second-order valence-electron chi connectivity index (χ2n) is 23.4. The van der Waals surface area contributed by atoms with E-state index >= 15 is 0 Å². The smallest absolute Gasteiger partial charge is 0.338 e. The molecule has 14 aromatic rings. The van der Waals surface area contributed by atoms with Gasteiger partial charge in [-0.2, -0.15) is 0 Å². The Labute approximate surface area is 602 Å². The van der Waals surface area contributed by atoms with Crippen molar-refractivity contribution >= 4 is 115 Å². The van der Waals surface area contributed by atoms with Crippen LogP contribution in [0.5, 0.6) is 0 Å². The van der Waals surface area contributed by atoms with Crippen molar-refractivity contribution in [2.24, 2.45) is 0 Å². The minimum Gasteiger partial charge on any atom is -0.465 e.